The highest BCUT2D eigenvalue weighted by Crippen LogP contribution is 2.13. The van der Waals surface area contributed by atoms with Gasteiger partial charge < -0.3 is 9.80 Å². The summed E-state index contributed by atoms with van der Waals surface area (Å²) in [5, 5.41) is 0. The molecule has 0 spiro atoms. The molecule has 0 atom stereocenters. The Labute approximate surface area is 186 Å². The van der Waals surface area contributed by atoms with Crippen LogP contribution in [0.1, 0.15) is 67.8 Å². The molecule has 2 fully saturated rings. The number of nitrogens with zero attached hydrogens (tertiary/aromatic N) is 3. The van der Waals surface area contributed by atoms with E-state index in [4.69, 9.17) is 0 Å². The maximum atomic E-state index is 12.6. The molecule has 6 nitrogen and oxygen atoms in total. The van der Waals surface area contributed by atoms with Crippen molar-refractivity contribution in [3.63, 3.8) is 0 Å². The molecule has 1 aromatic rings. The minimum absolute atomic E-state index is 0.0260. The van der Waals surface area contributed by atoms with Gasteiger partial charge in [0.05, 0.1) is 6.54 Å². The van der Waals surface area contributed by atoms with E-state index < -0.39 is 0 Å². The van der Waals surface area contributed by atoms with Crippen LogP contribution in [0.3, 0.4) is 0 Å². The molecule has 0 aliphatic carbocycles. The second-order valence-corrected chi connectivity index (χ2v) is 8.82. The predicted octanol–water partition coefficient (Wildman–Crippen LogP) is 3.15. The number of hydrogen-bond donors (Lipinski definition) is 0. The van der Waals surface area contributed by atoms with E-state index >= 15 is 0 Å². The second-order valence-electron chi connectivity index (χ2n) is 8.82. The van der Waals surface area contributed by atoms with Crippen LogP contribution in [-0.2, 0) is 16.0 Å². The molecule has 6 heteroatoms. The molecule has 0 radical (unpaired) electrons. The molecule has 170 valence electrons. The van der Waals surface area contributed by atoms with Crippen molar-refractivity contribution >= 4 is 17.6 Å². The maximum absolute atomic E-state index is 12.6. The van der Waals surface area contributed by atoms with Crippen molar-refractivity contribution in [1.82, 2.24) is 14.7 Å². The molecule has 2 aliphatic rings. The fourth-order valence-electron chi connectivity index (χ4n) is 4.44. The van der Waals surface area contributed by atoms with E-state index in [0.717, 1.165) is 51.9 Å². The van der Waals surface area contributed by atoms with Crippen molar-refractivity contribution in [2.45, 2.75) is 58.3 Å². The highest BCUT2D eigenvalue weighted by atomic mass is 16.2. The van der Waals surface area contributed by atoms with Crippen LogP contribution >= 0.6 is 0 Å². The molecule has 0 unspecified atom stereocenters. The summed E-state index contributed by atoms with van der Waals surface area (Å²) in [4.78, 5) is 43.6. The molecular weight excluding hydrogens is 390 g/mol. The minimum Gasteiger partial charge on any atom is -0.342 e. The van der Waals surface area contributed by atoms with Crippen LogP contribution in [0.5, 0.6) is 0 Å². The van der Waals surface area contributed by atoms with Crippen molar-refractivity contribution < 1.29 is 14.4 Å². The first kappa shape index (κ1) is 23.5. The number of aryl methyl sites for hydroxylation is 1. The topological polar surface area (TPSA) is 60.9 Å². The van der Waals surface area contributed by atoms with Crippen LogP contribution in [-0.4, -0.2) is 78.1 Å². The fourth-order valence-corrected chi connectivity index (χ4v) is 4.44. The van der Waals surface area contributed by atoms with Crippen LogP contribution in [0.2, 0.25) is 0 Å². The van der Waals surface area contributed by atoms with Crippen LogP contribution in [0.4, 0.5) is 0 Å². The van der Waals surface area contributed by atoms with Crippen LogP contribution in [0, 0.1) is 0 Å². The van der Waals surface area contributed by atoms with Crippen molar-refractivity contribution in [3.8, 4) is 0 Å². The molecule has 1 aromatic carbocycles. The smallest absolute Gasteiger partial charge is 0.236 e. The number of benzene rings is 1. The average Bonchev–Trinajstić information content (AvgIpc) is 3.08. The van der Waals surface area contributed by atoms with Crippen molar-refractivity contribution in [2.75, 3.05) is 45.8 Å². The quantitative estimate of drug-likeness (QED) is 0.598. The molecule has 0 aromatic heterocycles. The lowest BCUT2D eigenvalue weighted by Crippen LogP contribution is -2.51. The van der Waals surface area contributed by atoms with E-state index in [2.05, 4.69) is 11.8 Å². The van der Waals surface area contributed by atoms with Gasteiger partial charge in [0.2, 0.25) is 11.8 Å². The highest BCUT2D eigenvalue weighted by molar-refractivity contribution is 5.98. The summed E-state index contributed by atoms with van der Waals surface area (Å²) in [5.41, 5.74) is 1.92. The fraction of sp³-hybridized carbons (Fsp3) is 0.640. The van der Waals surface area contributed by atoms with E-state index in [1.807, 2.05) is 34.1 Å². The van der Waals surface area contributed by atoms with Crippen molar-refractivity contribution in [1.29, 1.82) is 0 Å². The number of amides is 2. The SMILES string of the molecule is CCCc1ccc(C(=O)CCC(=O)N2CCN(CC(=O)N3CCCCCC3)CC2)cc1. The Morgan fingerprint density at radius 2 is 1.35 bits per heavy atom. The van der Waals surface area contributed by atoms with Crippen LogP contribution < -0.4 is 0 Å². The summed E-state index contributed by atoms with van der Waals surface area (Å²) in [6.07, 6.45) is 7.26. The Morgan fingerprint density at radius 1 is 0.742 bits per heavy atom. The zero-order chi connectivity index (χ0) is 22.1. The number of likely N-dealkylation sites (tertiary alicyclic amines) is 1. The molecule has 2 aliphatic heterocycles. The minimum atomic E-state index is 0.0260. The molecule has 0 bridgehead atoms. The van der Waals surface area contributed by atoms with Crippen molar-refractivity contribution in [2.24, 2.45) is 0 Å². The van der Waals surface area contributed by atoms with Gasteiger partial charge in [-0.25, -0.2) is 0 Å². The number of hydrogen-bond acceptors (Lipinski definition) is 4. The third-order valence-electron chi connectivity index (χ3n) is 6.42. The van der Waals surface area contributed by atoms with Gasteiger partial charge in [-0.05, 0) is 24.8 Å². The summed E-state index contributed by atoms with van der Waals surface area (Å²) in [7, 11) is 0. The number of Topliss-reactive ketones (excluding diaryl/α,β-unsaturated/α-hetero) is 1. The van der Waals surface area contributed by atoms with Gasteiger partial charge in [-0.15, -0.1) is 0 Å². The van der Waals surface area contributed by atoms with Gasteiger partial charge in [0.1, 0.15) is 0 Å². The summed E-state index contributed by atoms with van der Waals surface area (Å²) < 4.78 is 0. The van der Waals surface area contributed by atoms with Gasteiger partial charge in [0.25, 0.3) is 0 Å². The molecule has 2 amide bonds. The van der Waals surface area contributed by atoms with Crippen molar-refractivity contribution in [3.05, 3.63) is 35.4 Å². The lowest BCUT2D eigenvalue weighted by molar-refractivity contribution is -0.135. The van der Waals surface area contributed by atoms with Gasteiger partial charge >= 0.3 is 0 Å². The number of piperazine rings is 1. The number of carbonyl (C=O) groups is 3. The highest BCUT2D eigenvalue weighted by Gasteiger charge is 2.24. The summed E-state index contributed by atoms with van der Waals surface area (Å²) in [5.74, 6) is 0.282. The molecule has 2 heterocycles. The Kier molecular flexibility index (Phi) is 9.07. The first-order valence-electron chi connectivity index (χ1n) is 12.0. The number of carbonyl (C=O) groups excluding carboxylic acids is 3. The largest absolute Gasteiger partial charge is 0.342 e. The summed E-state index contributed by atoms with van der Waals surface area (Å²) >= 11 is 0. The normalized spacial score (nSPS) is 18.0. The predicted molar refractivity (Wildman–Crippen MR) is 122 cm³/mol. The van der Waals surface area contributed by atoms with E-state index in [1.165, 1.54) is 18.4 Å². The van der Waals surface area contributed by atoms with Crippen LogP contribution in [0.25, 0.3) is 0 Å². The third kappa shape index (κ3) is 7.17. The maximum Gasteiger partial charge on any atom is 0.236 e. The Balaban J connectivity index is 1.37. The first-order valence-corrected chi connectivity index (χ1v) is 12.0. The second kappa shape index (κ2) is 12.0. The van der Waals surface area contributed by atoms with Gasteiger partial charge in [0, 0.05) is 57.7 Å². The zero-order valence-electron chi connectivity index (χ0n) is 19.0. The van der Waals surface area contributed by atoms with E-state index in [9.17, 15) is 14.4 Å². The molecule has 0 saturated carbocycles. The summed E-state index contributed by atoms with van der Waals surface area (Å²) in [6, 6.07) is 7.76. The standard InChI is InChI=1S/C25H37N3O3/c1-2-7-21-8-10-22(11-9-21)23(29)12-13-24(30)28-18-16-26(17-19-28)20-25(31)27-14-5-3-4-6-15-27/h8-11H,2-7,12-20H2,1H3. The number of ketones is 1. The zero-order valence-corrected chi connectivity index (χ0v) is 19.0. The Morgan fingerprint density at radius 3 is 1.97 bits per heavy atom. The monoisotopic (exact) mass is 427 g/mol. The molecular formula is C25H37N3O3. The third-order valence-corrected chi connectivity index (χ3v) is 6.42. The Hall–Kier alpha value is -2.21. The van der Waals surface area contributed by atoms with E-state index in [0.29, 0.717) is 25.2 Å². The average molecular weight is 428 g/mol. The molecule has 2 saturated heterocycles. The van der Waals surface area contributed by atoms with Gasteiger partial charge in [-0.2, -0.15) is 0 Å². The van der Waals surface area contributed by atoms with Crippen LogP contribution in [0.15, 0.2) is 24.3 Å². The Bertz CT molecular complexity index is 731. The van der Waals surface area contributed by atoms with Gasteiger partial charge in [0.15, 0.2) is 5.78 Å². The number of rotatable bonds is 8. The lowest BCUT2D eigenvalue weighted by atomic mass is 10.0. The van der Waals surface area contributed by atoms with Gasteiger partial charge in [-0.3, -0.25) is 19.3 Å². The molecule has 31 heavy (non-hydrogen) atoms. The van der Waals surface area contributed by atoms with Gasteiger partial charge in [-0.1, -0.05) is 50.5 Å². The molecule has 3 rings (SSSR count). The van der Waals surface area contributed by atoms with E-state index in [1.54, 1.807) is 0 Å². The lowest BCUT2D eigenvalue weighted by Gasteiger charge is -2.35. The van der Waals surface area contributed by atoms with E-state index in [-0.39, 0.29) is 30.4 Å². The molecule has 0 N–H and O–H groups in total. The summed E-state index contributed by atoms with van der Waals surface area (Å²) in [6.45, 7) is 7.06. The first-order chi connectivity index (χ1) is 15.1.